The molecule has 0 aliphatic heterocycles. The number of anilines is 2. The van der Waals surface area contributed by atoms with Crippen molar-refractivity contribution in [2.24, 2.45) is 0 Å². The van der Waals surface area contributed by atoms with Crippen LogP contribution in [0.25, 0.3) is 0 Å². The lowest BCUT2D eigenvalue weighted by Gasteiger charge is -2.19. The van der Waals surface area contributed by atoms with Crippen LogP contribution >= 0.6 is 11.3 Å². The topological polar surface area (TPSA) is 72.6 Å². The first-order valence-electron chi connectivity index (χ1n) is 7.98. The van der Waals surface area contributed by atoms with Crippen LogP contribution in [0.3, 0.4) is 0 Å². The number of aryl methyl sites for hydroxylation is 2. The van der Waals surface area contributed by atoms with Crippen molar-refractivity contribution < 1.29 is 18.7 Å². The highest BCUT2D eigenvalue weighted by atomic mass is 32.1. The van der Waals surface area contributed by atoms with Gasteiger partial charge in [0.1, 0.15) is 6.61 Å². The summed E-state index contributed by atoms with van der Waals surface area (Å²) in [6, 6.07) is 8.97. The maximum Gasteiger partial charge on any atom is 0.374 e. The van der Waals surface area contributed by atoms with E-state index in [4.69, 9.17) is 9.15 Å². The Morgan fingerprint density at radius 3 is 2.69 bits per heavy atom. The Morgan fingerprint density at radius 1 is 1.23 bits per heavy atom. The van der Waals surface area contributed by atoms with Crippen molar-refractivity contribution in [1.82, 2.24) is 4.98 Å². The van der Waals surface area contributed by atoms with Crippen LogP contribution in [-0.4, -0.2) is 16.9 Å². The zero-order chi connectivity index (χ0) is 18.7. The van der Waals surface area contributed by atoms with Gasteiger partial charge in [-0.15, -0.1) is 11.3 Å². The molecule has 0 aliphatic carbocycles. The van der Waals surface area contributed by atoms with Gasteiger partial charge in [0.2, 0.25) is 11.7 Å². The van der Waals surface area contributed by atoms with E-state index in [1.165, 1.54) is 30.6 Å². The zero-order valence-corrected chi connectivity index (χ0v) is 15.5. The zero-order valence-electron chi connectivity index (χ0n) is 14.7. The Hall–Kier alpha value is -2.93. The van der Waals surface area contributed by atoms with E-state index in [-0.39, 0.29) is 18.3 Å². The number of hydrogen-bond donors (Lipinski definition) is 0. The summed E-state index contributed by atoms with van der Waals surface area (Å²) in [4.78, 5) is 30.0. The second-order valence-electron chi connectivity index (χ2n) is 5.80. The van der Waals surface area contributed by atoms with Crippen molar-refractivity contribution >= 4 is 34.0 Å². The lowest BCUT2D eigenvalue weighted by Crippen LogP contribution is -2.22. The fourth-order valence-electron chi connectivity index (χ4n) is 2.36. The minimum absolute atomic E-state index is 0.00863. The van der Waals surface area contributed by atoms with Crippen LogP contribution in [-0.2, 0) is 16.1 Å². The van der Waals surface area contributed by atoms with Crippen molar-refractivity contribution in [3.05, 3.63) is 64.6 Å². The quantitative estimate of drug-likeness (QED) is 0.623. The Morgan fingerprint density at radius 2 is 2.04 bits per heavy atom. The number of aromatic nitrogens is 1. The monoisotopic (exact) mass is 370 g/mol. The van der Waals surface area contributed by atoms with Crippen molar-refractivity contribution in [2.45, 2.75) is 27.4 Å². The maximum absolute atomic E-state index is 12.2. The van der Waals surface area contributed by atoms with Crippen molar-refractivity contribution in [2.75, 3.05) is 4.90 Å². The normalized spacial score (nSPS) is 10.6. The van der Waals surface area contributed by atoms with Crippen LogP contribution in [0, 0.1) is 13.8 Å². The van der Waals surface area contributed by atoms with Gasteiger partial charge in [-0.25, -0.2) is 9.78 Å². The summed E-state index contributed by atoms with van der Waals surface area (Å²) in [7, 11) is 0. The fraction of sp³-hybridized carbons (Fsp3) is 0.211. The summed E-state index contributed by atoms with van der Waals surface area (Å²) in [6.45, 7) is 5.52. The van der Waals surface area contributed by atoms with E-state index in [1.807, 2.05) is 32.0 Å². The molecule has 0 N–H and O–H groups in total. The molecule has 1 aromatic carbocycles. The third-order valence-electron chi connectivity index (χ3n) is 3.87. The van der Waals surface area contributed by atoms with Gasteiger partial charge in [0.25, 0.3) is 0 Å². The first-order chi connectivity index (χ1) is 12.5. The predicted molar refractivity (Wildman–Crippen MR) is 98.7 cm³/mol. The Bertz CT molecular complexity index is 931. The molecule has 3 aromatic rings. The van der Waals surface area contributed by atoms with Crippen molar-refractivity contribution in [3.8, 4) is 0 Å². The molecule has 0 unspecified atom stereocenters. The second-order valence-corrected chi connectivity index (χ2v) is 6.63. The van der Waals surface area contributed by atoms with Gasteiger partial charge in [-0.3, -0.25) is 9.69 Å². The number of furan rings is 1. The standard InChI is InChI=1S/C19H18N2O4S/c1-12-6-7-16(9-13(12)2)21(14(3)22)19-20-15(11-26-19)10-25-18(23)17-5-4-8-24-17/h4-9,11H,10H2,1-3H3. The van der Waals surface area contributed by atoms with Gasteiger partial charge in [-0.2, -0.15) is 0 Å². The molecule has 1 amide bonds. The van der Waals surface area contributed by atoms with E-state index in [9.17, 15) is 9.59 Å². The first-order valence-corrected chi connectivity index (χ1v) is 8.86. The summed E-state index contributed by atoms with van der Waals surface area (Å²) >= 11 is 1.32. The van der Waals surface area contributed by atoms with Gasteiger partial charge in [0.15, 0.2) is 5.13 Å². The van der Waals surface area contributed by atoms with Crippen LogP contribution < -0.4 is 4.90 Å². The molecule has 0 aliphatic rings. The Kier molecular flexibility index (Phi) is 5.18. The van der Waals surface area contributed by atoms with E-state index >= 15 is 0 Å². The minimum Gasteiger partial charge on any atom is -0.457 e. The van der Waals surface area contributed by atoms with Gasteiger partial charge >= 0.3 is 5.97 Å². The molecule has 134 valence electrons. The van der Waals surface area contributed by atoms with E-state index in [0.717, 1.165) is 16.8 Å². The molecule has 26 heavy (non-hydrogen) atoms. The smallest absolute Gasteiger partial charge is 0.374 e. The molecule has 0 fully saturated rings. The predicted octanol–water partition coefficient (Wildman–Crippen LogP) is 4.39. The number of esters is 1. The first kappa shape index (κ1) is 17.9. The van der Waals surface area contributed by atoms with E-state index in [2.05, 4.69) is 4.98 Å². The average Bonchev–Trinajstić information content (AvgIpc) is 3.28. The molecule has 0 atom stereocenters. The van der Waals surface area contributed by atoms with Crippen LogP contribution in [0.15, 0.2) is 46.4 Å². The molecule has 6 nitrogen and oxygen atoms in total. The number of carbonyl (C=O) groups excluding carboxylic acids is 2. The van der Waals surface area contributed by atoms with Crippen LogP contribution in [0.4, 0.5) is 10.8 Å². The van der Waals surface area contributed by atoms with E-state index in [1.54, 1.807) is 16.3 Å². The highest BCUT2D eigenvalue weighted by molar-refractivity contribution is 7.14. The number of carbonyl (C=O) groups is 2. The molecule has 0 spiro atoms. The molecule has 2 aromatic heterocycles. The Labute approximate surface area is 155 Å². The minimum atomic E-state index is -0.554. The third kappa shape index (κ3) is 3.83. The average molecular weight is 370 g/mol. The second kappa shape index (κ2) is 7.53. The number of ether oxygens (including phenoxy) is 1. The SMILES string of the molecule is CC(=O)N(c1ccc(C)c(C)c1)c1nc(COC(=O)c2ccco2)cs1. The summed E-state index contributed by atoms with van der Waals surface area (Å²) in [5, 5.41) is 2.30. The molecule has 0 bridgehead atoms. The lowest BCUT2D eigenvalue weighted by atomic mass is 10.1. The molecule has 7 heteroatoms. The maximum atomic E-state index is 12.2. The van der Waals surface area contributed by atoms with Crippen LogP contribution in [0.2, 0.25) is 0 Å². The molecular weight excluding hydrogens is 352 g/mol. The van der Waals surface area contributed by atoms with Crippen LogP contribution in [0.5, 0.6) is 0 Å². The molecule has 3 rings (SSSR count). The van der Waals surface area contributed by atoms with Gasteiger partial charge in [0, 0.05) is 12.3 Å². The molecular formula is C19H18N2O4S. The molecule has 2 heterocycles. The number of thiazole rings is 1. The number of rotatable bonds is 5. The molecule has 0 saturated carbocycles. The number of benzene rings is 1. The summed E-state index contributed by atoms with van der Waals surface area (Å²) in [5.41, 5.74) is 3.58. The summed E-state index contributed by atoms with van der Waals surface area (Å²) in [6.07, 6.45) is 1.41. The van der Waals surface area contributed by atoms with E-state index in [0.29, 0.717) is 10.8 Å². The van der Waals surface area contributed by atoms with Gasteiger partial charge in [-0.05, 0) is 49.2 Å². The largest absolute Gasteiger partial charge is 0.457 e. The van der Waals surface area contributed by atoms with Crippen molar-refractivity contribution in [1.29, 1.82) is 0 Å². The van der Waals surface area contributed by atoms with E-state index < -0.39 is 5.97 Å². The number of hydrogen-bond acceptors (Lipinski definition) is 6. The van der Waals surface area contributed by atoms with Gasteiger partial charge < -0.3 is 9.15 Å². The highest BCUT2D eigenvalue weighted by Gasteiger charge is 2.19. The highest BCUT2D eigenvalue weighted by Crippen LogP contribution is 2.30. The summed E-state index contributed by atoms with van der Waals surface area (Å²) in [5.74, 6) is -0.551. The van der Waals surface area contributed by atoms with Crippen molar-refractivity contribution in [3.63, 3.8) is 0 Å². The number of amides is 1. The fourth-order valence-corrected chi connectivity index (χ4v) is 3.23. The molecule has 0 saturated heterocycles. The Balaban J connectivity index is 1.76. The summed E-state index contributed by atoms with van der Waals surface area (Å²) < 4.78 is 10.2. The van der Waals surface area contributed by atoms with Gasteiger partial charge in [-0.1, -0.05) is 6.07 Å². The van der Waals surface area contributed by atoms with Crippen LogP contribution in [0.1, 0.15) is 34.3 Å². The van der Waals surface area contributed by atoms with Gasteiger partial charge in [0.05, 0.1) is 17.6 Å². The third-order valence-corrected chi connectivity index (χ3v) is 4.74. The lowest BCUT2D eigenvalue weighted by molar-refractivity contribution is -0.115. The molecule has 0 radical (unpaired) electrons. The number of nitrogens with zero attached hydrogens (tertiary/aromatic N) is 2.